The van der Waals surface area contributed by atoms with Gasteiger partial charge in [-0.3, -0.25) is 14.2 Å². The summed E-state index contributed by atoms with van der Waals surface area (Å²) in [6.45, 7) is 0.673. The first-order valence-electron chi connectivity index (χ1n) is 15.0. The van der Waals surface area contributed by atoms with Gasteiger partial charge in [0.1, 0.15) is 23.9 Å². The van der Waals surface area contributed by atoms with Crippen molar-refractivity contribution in [2.24, 2.45) is 0 Å². The van der Waals surface area contributed by atoms with Gasteiger partial charge in [0.25, 0.3) is 5.91 Å². The summed E-state index contributed by atoms with van der Waals surface area (Å²) in [4.78, 5) is 41.3. The molecule has 1 atom stereocenters. The van der Waals surface area contributed by atoms with Crippen molar-refractivity contribution in [3.05, 3.63) is 117 Å². The van der Waals surface area contributed by atoms with E-state index < -0.39 is 23.5 Å². The van der Waals surface area contributed by atoms with E-state index in [1.807, 2.05) is 24.3 Å². The molecule has 8 rings (SSSR count). The zero-order valence-electron chi connectivity index (χ0n) is 25.0. The average Bonchev–Trinajstić information content (AvgIpc) is 3.38. The molecule has 8 bridgehead atoms. The largest absolute Gasteiger partial charge is 0.493 e. The van der Waals surface area contributed by atoms with Gasteiger partial charge in [0.05, 0.1) is 30.8 Å². The van der Waals surface area contributed by atoms with Crippen LogP contribution in [-0.4, -0.2) is 48.1 Å². The number of hydrogen-bond donors (Lipinski definition) is 1. The van der Waals surface area contributed by atoms with E-state index in [1.54, 1.807) is 48.4 Å². The van der Waals surface area contributed by atoms with Crippen LogP contribution in [0.3, 0.4) is 0 Å². The zero-order chi connectivity index (χ0) is 31.8. The number of carbonyl (C=O) groups is 2. The number of rotatable bonds is 3. The van der Waals surface area contributed by atoms with Crippen molar-refractivity contribution in [3.63, 3.8) is 0 Å². The van der Waals surface area contributed by atoms with Crippen molar-refractivity contribution in [2.45, 2.75) is 25.4 Å². The number of hydrogen-bond acceptors (Lipinski definition) is 7. The Kier molecular flexibility index (Phi) is 7.65. The molecular formula is C35H30FN3O7. The van der Waals surface area contributed by atoms with Crippen LogP contribution in [0.5, 0.6) is 23.0 Å². The van der Waals surface area contributed by atoms with E-state index in [9.17, 15) is 18.8 Å². The molecule has 3 aliphatic heterocycles. The molecule has 0 saturated heterocycles. The molecule has 0 radical (unpaired) electrons. The third kappa shape index (κ3) is 5.44. The molecule has 3 aliphatic rings. The first-order chi connectivity index (χ1) is 22.4. The predicted molar refractivity (Wildman–Crippen MR) is 166 cm³/mol. The third-order valence-corrected chi connectivity index (χ3v) is 8.32. The van der Waals surface area contributed by atoms with Gasteiger partial charge in [0.2, 0.25) is 5.91 Å². The van der Waals surface area contributed by atoms with Crippen LogP contribution in [0.25, 0.3) is 11.1 Å². The molecule has 0 spiro atoms. The van der Waals surface area contributed by atoms with E-state index in [2.05, 4.69) is 5.32 Å². The van der Waals surface area contributed by atoms with Crippen LogP contribution in [0.1, 0.15) is 39.5 Å². The molecule has 4 heterocycles. The van der Waals surface area contributed by atoms with Crippen molar-refractivity contribution in [3.8, 4) is 23.0 Å². The number of oxazole rings is 1. The third-order valence-electron chi connectivity index (χ3n) is 8.32. The minimum atomic E-state index is -0.652. The summed E-state index contributed by atoms with van der Waals surface area (Å²) in [5.74, 6) is -0.242. The Hall–Kier alpha value is -5.58. The topological polar surface area (TPSA) is 112 Å². The highest BCUT2D eigenvalue weighted by molar-refractivity contribution is 5.94. The fourth-order valence-electron chi connectivity index (χ4n) is 6.09. The standard InChI is InChI=1S/C35H30FN3O7/c1-43-30-12-7-22-18-31(30)44-16-4-14-37-34(41)26-19-24(9-11-27(26)36)45-23-8-10-25-21(17-23)13-15-38(33(22)25)32(40)20-39-28-5-2-3-6-29(28)46-35(39)42/h2-3,5-12,17-19,33H,4,13-16,20H2,1H3,(H,37,41). The smallest absolute Gasteiger partial charge is 0.420 e. The van der Waals surface area contributed by atoms with Gasteiger partial charge >= 0.3 is 5.76 Å². The minimum absolute atomic E-state index is 0.120. The number of para-hydroxylation sites is 2. The van der Waals surface area contributed by atoms with Gasteiger partial charge in [-0.25, -0.2) is 9.18 Å². The van der Waals surface area contributed by atoms with Crippen molar-refractivity contribution in [2.75, 3.05) is 26.8 Å². The van der Waals surface area contributed by atoms with Crippen LogP contribution in [0.15, 0.2) is 88.1 Å². The number of halogens is 1. The fraction of sp³-hybridized carbons (Fsp3) is 0.229. The maximum Gasteiger partial charge on any atom is 0.420 e. The van der Waals surface area contributed by atoms with Gasteiger partial charge in [-0.1, -0.05) is 24.3 Å². The number of nitrogens with one attached hydrogen (secondary N) is 1. The SMILES string of the molecule is COc1ccc2cc1OCCCNC(=O)c1cc(ccc1F)Oc1ccc3c(c1)CCN(C(=O)Cn1c(=O)oc4ccccc41)C23. The van der Waals surface area contributed by atoms with E-state index in [4.69, 9.17) is 18.6 Å². The predicted octanol–water partition coefficient (Wildman–Crippen LogP) is 5.22. The molecule has 5 aromatic rings. The van der Waals surface area contributed by atoms with Gasteiger partial charge in [-0.05, 0) is 84.1 Å². The highest BCUT2D eigenvalue weighted by atomic mass is 19.1. The average molecular weight is 624 g/mol. The molecule has 0 aliphatic carbocycles. The van der Waals surface area contributed by atoms with E-state index in [0.717, 1.165) is 16.7 Å². The molecule has 2 amide bonds. The monoisotopic (exact) mass is 623 g/mol. The van der Waals surface area contributed by atoms with Gasteiger partial charge < -0.3 is 28.8 Å². The molecule has 1 N–H and O–H groups in total. The highest BCUT2D eigenvalue weighted by Gasteiger charge is 2.34. The fourth-order valence-corrected chi connectivity index (χ4v) is 6.09. The number of fused-ring (bicyclic) bond motifs is 7. The summed E-state index contributed by atoms with van der Waals surface area (Å²) >= 11 is 0. The van der Waals surface area contributed by atoms with E-state index in [1.165, 1.54) is 22.8 Å². The Bertz CT molecular complexity index is 2030. The second kappa shape index (κ2) is 12.1. The summed E-state index contributed by atoms with van der Waals surface area (Å²) in [5.41, 5.74) is 3.47. The van der Waals surface area contributed by atoms with E-state index >= 15 is 0 Å². The number of amides is 2. The number of ether oxygens (including phenoxy) is 3. The number of methoxy groups -OCH3 is 1. The van der Waals surface area contributed by atoms with E-state index in [0.29, 0.717) is 53.5 Å². The van der Waals surface area contributed by atoms with Crippen LogP contribution in [-0.2, 0) is 17.8 Å². The Balaban J connectivity index is 1.31. The van der Waals surface area contributed by atoms with Crippen LogP contribution < -0.4 is 25.3 Å². The molecule has 1 unspecified atom stereocenters. The zero-order valence-corrected chi connectivity index (χ0v) is 25.0. The maximum atomic E-state index is 14.6. The van der Waals surface area contributed by atoms with Gasteiger partial charge in [0, 0.05) is 13.1 Å². The Morgan fingerprint density at radius 2 is 1.85 bits per heavy atom. The van der Waals surface area contributed by atoms with Crippen LogP contribution in [0.4, 0.5) is 4.39 Å². The number of carbonyl (C=O) groups excluding carboxylic acids is 2. The van der Waals surface area contributed by atoms with Gasteiger partial charge in [0.15, 0.2) is 17.1 Å². The molecule has 0 fully saturated rings. The second-order valence-electron chi connectivity index (χ2n) is 11.1. The molecule has 46 heavy (non-hydrogen) atoms. The Morgan fingerprint density at radius 3 is 2.72 bits per heavy atom. The molecule has 4 aromatic carbocycles. The Labute approximate surface area is 262 Å². The Morgan fingerprint density at radius 1 is 1.02 bits per heavy atom. The first-order valence-corrected chi connectivity index (χ1v) is 15.0. The molecule has 10 nitrogen and oxygen atoms in total. The molecule has 11 heteroatoms. The van der Waals surface area contributed by atoms with Crippen molar-refractivity contribution in [1.29, 1.82) is 0 Å². The number of aromatic nitrogens is 1. The second-order valence-corrected chi connectivity index (χ2v) is 11.1. The quantitative estimate of drug-likeness (QED) is 0.293. The minimum Gasteiger partial charge on any atom is -0.493 e. The van der Waals surface area contributed by atoms with Crippen LogP contribution >= 0.6 is 0 Å². The van der Waals surface area contributed by atoms with Crippen LogP contribution in [0.2, 0.25) is 0 Å². The summed E-state index contributed by atoms with van der Waals surface area (Å²) in [5, 5.41) is 2.73. The number of benzene rings is 4. The van der Waals surface area contributed by atoms with Crippen molar-refractivity contribution >= 4 is 22.9 Å². The van der Waals surface area contributed by atoms with Crippen molar-refractivity contribution in [1.82, 2.24) is 14.8 Å². The lowest BCUT2D eigenvalue weighted by Crippen LogP contribution is -2.43. The number of nitrogens with zero attached hydrogens (tertiary/aromatic N) is 2. The van der Waals surface area contributed by atoms with Crippen LogP contribution in [0, 0.1) is 5.82 Å². The highest BCUT2D eigenvalue weighted by Crippen LogP contribution is 2.41. The lowest BCUT2D eigenvalue weighted by atomic mass is 9.87. The van der Waals surface area contributed by atoms with E-state index in [-0.39, 0.29) is 31.2 Å². The summed E-state index contributed by atoms with van der Waals surface area (Å²) in [7, 11) is 1.55. The molecule has 234 valence electrons. The lowest BCUT2D eigenvalue weighted by Gasteiger charge is -2.38. The summed E-state index contributed by atoms with van der Waals surface area (Å²) < 4.78 is 39.0. The van der Waals surface area contributed by atoms with Gasteiger partial charge in [-0.15, -0.1) is 0 Å². The molecule has 0 saturated carbocycles. The normalized spacial score (nSPS) is 16.2. The molecule has 1 aromatic heterocycles. The van der Waals surface area contributed by atoms with Gasteiger partial charge in [-0.2, -0.15) is 0 Å². The first kappa shape index (κ1) is 29.1. The molecular weight excluding hydrogens is 593 g/mol. The maximum absolute atomic E-state index is 14.6. The lowest BCUT2D eigenvalue weighted by molar-refractivity contribution is -0.134. The summed E-state index contributed by atoms with van der Waals surface area (Å²) in [6, 6.07) is 21.7. The summed E-state index contributed by atoms with van der Waals surface area (Å²) in [6.07, 6.45) is 0.968. The van der Waals surface area contributed by atoms with Crippen molar-refractivity contribution < 1.29 is 32.6 Å².